The third-order valence-corrected chi connectivity index (χ3v) is 6.00. The number of ether oxygens (including phenoxy) is 1. The van der Waals surface area contributed by atoms with Gasteiger partial charge in [-0.15, -0.1) is 5.10 Å². The van der Waals surface area contributed by atoms with Crippen LogP contribution in [-0.2, 0) is 4.74 Å². The van der Waals surface area contributed by atoms with Crippen LogP contribution in [-0.4, -0.2) is 44.4 Å². The minimum atomic E-state index is -2.12. The van der Waals surface area contributed by atoms with Gasteiger partial charge >= 0.3 is 0 Å². The molecule has 0 amide bonds. The minimum Gasteiger partial charge on any atom is -0.382 e. The summed E-state index contributed by atoms with van der Waals surface area (Å²) in [5.74, 6) is -0.419. The average Bonchev–Trinajstić information content (AvgIpc) is 3.23. The second kappa shape index (κ2) is 16.0. The molecule has 0 aromatic carbocycles. The molecular formula is C28H44F3N7O. The number of aromatic nitrogens is 4. The molecule has 1 fully saturated rings. The first-order valence-electron chi connectivity index (χ1n) is 13.3. The quantitative estimate of drug-likeness (QED) is 0.323. The number of nitrogen functional groups attached to an aromatic ring is 2. The van der Waals surface area contributed by atoms with Crippen molar-refractivity contribution in [2.24, 2.45) is 4.99 Å². The molecule has 0 saturated heterocycles. The largest absolute Gasteiger partial charge is 0.382 e. The molecule has 0 spiro atoms. The number of aryl methyl sites for hydroxylation is 1. The van der Waals surface area contributed by atoms with E-state index in [0.29, 0.717) is 16.9 Å². The number of aliphatic imine (C=N–C) groups is 1. The summed E-state index contributed by atoms with van der Waals surface area (Å²) in [4.78, 5) is 12.7. The predicted molar refractivity (Wildman–Crippen MR) is 154 cm³/mol. The SMILES string of the molecule is CC.CC(C)=Nc1ccc(-c2c(F)cn3nc(N)nc(N)c23)nc1C.CCC(F)F.COC1(C)CCCCC1. The van der Waals surface area contributed by atoms with E-state index in [2.05, 4.69) is 27.0 Å². The van der Waals surface area contributed by atoms with E-state index in [0.717, 1.165) is 11.4 Å². The normalized spacial score (nSPS) is 13.8. The molecular weight excluding hydrogens is 507 g/mol. The number of pyridine rings is 1. The van der Waals surface area contributed by atoms with E-state index in [1.54, 1.807) is 12.1 Å². The third-order valence-electron chi connectivity index (χ3n) is 6.00. The van der Waals surface area contributed by atoms with Gasteiger partial charge in [-0.05, 0) is 52.7 Å². The number of nitrogens with two attached hydrogens (primary N) is 2. The Hall–Kier alpha value is -3.21. The van der Waals surface area contributed by atoms with Gasteiger partial charge < -0.3 is 16.2 Å². The zero-order valence-corrected chi connectivity index (χ0v) is 24.5. The van der Waals surface area contributed by atoms with Crippen molar-refractivity contribution in [3.8, 4) is 11.3 Å². The zero-order chi connectivity index (χ0) is 29.8. The van der Waals surface area contributed by atoms with Crippen LogP contribution in [0.25, 0.3) is 16.8 Å². The van der Waals surface area contributed by atoms with Crippen LogP contribution in [0.2, 0.25) is 0 Å². The summed E-state index contributed by atoms with van der Waals surface area (Å²) < 4.78 is 42.6. The topological polar surface area (TPSA) is 117 Å². The Kier molecular flexibility index (Phi) is 13.9. The molecule has 1 saturated carbocycles. The molecule has 0 unspecified atom stereocenters. The second-order valence-electron chi connectivity index (χ2n) is 9.37. The van der Waals surface area contributed by atoms with Crippen LogP contribution < -0.4 is 11.5 Å². The fraction of sp³-hybridized carbons (Fsp3) is 0.571. The van der Waals surface area contributed by atoms with Crippen LogP contribution in [0.4, 0.5) is 30.6 Å². The highest BCUT2D eigenvalue weighted by Crippen LogP contribution is 2.32. The van der Waals surface area contributed by atoms with Crippen LogP contribution in [0, 0.1) is 12.7 Å². The van der Waals surface area contributed by atoms with E-state index in [9.17, 15) is 13.2 Å². The van der Waals surface area contributed by atoms with Crippen molar-refractivity contribution in [3.05, 3.63) is 29.8 Å². The molecule has 3 aromatic heterocycles. The molecule has 4 N–H and O–H groups in total. The number of hydrogen-bond donors (Lipinski definition) is 2. The molecule has 0 radical (unpaired) electrons. The van der Waals surface area contributed by atoms with Crippen LogP contribution in [0.15, 0.2) is 23.3 Å². The van der Waals surface area contributed by atoms with E-state index < -0.39 is 12.2 Å². The molecule has 3 heterocycles. The van der Waals surface area contributed by atoms with Crippen molar-refractivity contribution in [1.29, 1.82) is 0 Å². The lowest BCUT2D eigenvalue weighted by atomic mass is 9.86. The summed E-state index contributed by atoms with van der Waals surface area (Å²) in [5, 5.41) is 3.94. The number of alkyl halides is 2. The first-order valence-corrected chi connectivity index (χ1v) is 13.3. The highest BCUT2D eigenvalue weighted by Gasteiger charge is 2.25. The van der Waals surface area contributed by atoms with Gasteiger partial charge in [0.15, 0.2) is 11.6 Å². The molecule has 1 aliphatic rings. The molecule has 0 atom stereocenters. The standard InChI is InChI=1S/C15H16FN7.C8H16O.C3H6F2.C2H6/c1-7(2)19-10-4-5-11(20-8(10)3)12-9(16)6-23-13(12)14(17)21-15(18)22-23;1-8(9-2)6-4-3-5-7-8;1-2-3(4)5;1-2/h4-6H,1-3H3,(H4,17,18,21,22);3-7H2,1-2H3;3H,2H2,1H3;1-2H3. The van der Waals surface area contributed by atoms with Gasteiger partial charge in [0, 0.05) is 19.2 Å². The Balaban J connectivity index is 0.000000391. The fourth-order valence-corrected chi connectivity index (χ4v) is 3.90. The Morgan fingerprint density at radius 1 is 1.13 bits per heavy atom. The van der Waals surface area contributed by atoms with E-state index in [4.69, 9.17) is 16.2 Å². The van der Waals surface area contributed by atoms with Crippen molar-refractivity contribution in [2.45, 2.75) is 99.0 Å². The summed E-state index contributed by atoms with van der Waals surface area (Å²) in [6.07, 6.45) is 5.67. The van der Waals surface area contributed by atoms with Crippen LogP contribution in [0.5, 0.6) is 0 Å². The number of fused-ring (bicyclic) bond motifs is 1. The van der Waals surface area contributed by atoms with Gasteiger partial charge in [0.05, 0.1) is 34.4 Å². The lowest BCUT2D eigenvalue weighted by molar-refractivity contribution is -0.0231. The lowest BCUT2D eigenvalue weighted by Crippen LogP contribution is -2.29. The van der Waals surface area contributed by atoms with Crippen molar-refractivity contribution < 1.29 is 17.9 Å². The first kappa shape index (κ1) is 33.8. The smallest absolute Gasteiger partial charge is 0.240 e. The highest BCUT2D eigenvalue weighted by atomic mass is 19.3. The molecule has 218 valence electrons. The molecule has 11 heteroatoms. The molecule has 0 bridgehead atoms. The van der Waals surface area contributed by atoms with Gasteiger partial charge in [-0.25, -0.2) is 17.7 Å². The average molecular weight is 552 g/mol. The summed E-state index contributed by atoms with van der Waals surface area (Å²) in [7, 11) is 1.82. The van der Waals surface area contributed by atoms with Crippen LogP contribution >= 0.6 is 0 Å². The van der Waals surface area contributed by atoms with Crippen LogP contribution in [0.1, 0.15) is 85.8 Å². The number of anilines is 2. The summed E-state index contributed by atoms with van der Waals surface area (Å²) in [5.41, 5.74) is 15.0. The molecule has 0 aliphatic heterocycles. The Labute approximate surface area is 230 Å². The Morgan fingerprint density at radius 2 is 1.72 bits per heavy atom. The first-order chi connectivity index (χ1) is 18.4. The second-order valence-corrected chi connectivity index (χ2v) is 9.37. The van der Waals surface area contributed by atoms with Crippen LogP contribution in [0.3, 0.4) is 0 Å². The van der Waals surface area contributed by atoms with Crippen molar-refractivity contribution >= 4 is 28.7 Å². The van der Waals surface area contributed by atoms with Gasteiger partial charge in [-0.2, -0.15) is 4.98 Å². The summed E-state index contributed by atoms with van der Waals surface area (Å²) in [6, 6.07) is 3.49. The van der Waals surface area contributed by atoms with Gasteiger partial charge in [0.25, 0.3) is 0 Å². The van der Waals surface area contributed by atoms with E-state index in [1.165, 1.54) is 49.7 Å². The van der Waals surface area contributed by atoms with E-state index in [1.807, 2.05) is 41.7 Å². The van der Waals surface area contributed by atoms with Crippen molar-refractivity contribution in [1.82, 2.24) is 19.6 Å². The number of methoxy groups -OCH3 is 1. The number of hydrogen-bond acceptors (Lipinski definition) is 7. The Bertz CT molecular complexity index is 1200. The van der Waals surface area contributed by atoms with Crippen molar-refractivity contribution in [3.63, 3.8) is 0 Å². The maximum Gasteiger partial charge on any atom is 0.240 e. The zero-order valence-electron chi connectivity index (χ0n) is 24.5. The van der Waals surface area contributed by atoms with Gasteiger partial charge in [0.2, 0.25) is 12.4 Å². The highest BCUT2D eigenvalue weighted by molar-refractivity contribution is 5.87. The summed E-state index contributed by atoms with van der Waals surface area (Å²) >= 11 is 0. The predicted octanol–water partition coefficient (Wildman–Crippen LogP) is 7.56. The number of rotatable bonds is 4. The van der Waals surface area contributed by atoms with Crippen molar-refractivity contribution in [2.75, 3.05) is 18.6 Å². The number of halogens is 3. The maximum atomic E-state index is 14.4. The van der Waals surface area contributed by atoms with Gasteiger partial charge in [-0.1, -0.05) is 40.0 Å². The van der Waals surface area contributed by atoms with E-state index in [-0.39, 0.29) is 29.4 Å². The molecule has 39 heavy (non-hydrogen) atoms. The maximum absolute atomic E-state index is 14.4. The number of nitrogens with zero attached hydrogens (tertiary/aromatic N) is 5. The van der Waals surface area contributed by atoms with Gasteiger partial charge in [-0.3, -0.25) is 9.98 Å². The summed E-state index contributed by atoms with van der Waals surface area (Å²) in [6.45, 7) is 13.3. The third kappa shape index (κ3) is 10.1. The Morgan fingerprint density at radius 3 is 2.18 bits per heavy atom. The molecule has 8 nitrogen and oxygen atoms in total. The molecule has 4 rings (SSSR count). The monoisotopic (exact) mass is 551 g/mol. The van der Waals surface area contributed by atoms with E-state index >= 15 is 0 Å². The molecule has 3 aromatic rings. The molecule has 1 aliphatic carbocycles. The minimum absolute atomic E-state index is 0.0243. The fourth-order valence-electron chi connectivity index (χ4n) is 3.90. The van der Waals surface area contributed by atoms with Gasteiger partial charge in [0.1, 0.15) is 5.52 Å². The lowest BCUT2D eigenvalue weighted by Gasteiger charge is -2.31.